The number of benzene rings is 1. The van der Waals surface area contributed by atoms with Crippen LogP contribution in [0.1, 0.15) is 18.9 Å². The molecule has 1 fully saturated rings. The SMILES string of the molecule is COc1ccc(CN[C@@H]2CCN(S(C)(=O)=O)C[C@H]2C)cc1. The molecule has 0 bridgehead atoms. The fourth-order valence-corrected chi connectivity index (χ4v) is 3.65. The van der Waals surface area contributed by atoms with Crippen LogP contribution < -0.4 is 10.1 Å². The maximum Gasteiger partial charge on any atom is 0.211 e. The monoisotopic (exact) mass is 312 g/mol. The zero-order valence-corrected chi connectivity index (χ0v) is 13.7. The second-order valence-electron chi connectivity index (χ2n) is 5.72. The lowest BCUT2D eigenvalue weighted by atomic mass is 9.95. The Kier molecular flexibility index (Phi) is 5.24. The summed E-state index contributed by atoms with van der Waals surface area (Å²) in [6, 6.07) is 8.34. The molecule has 1 saturated heterocycles. The summed E-state index contributed by atoms with van der Waals surface area (Å²) in [5.74, 6) is 1.17. The van der Waals surface area contributed by atoms with E-state index in [2.05, 4.69) is 12.2 Å². The zero-order valence-electron chi connectivity index (χ0n) is 12.9. The van der Waals surface area contributed by atoms with E-state index in [1.807, 2.05) is 24.3 Å². The Balaban J connectivity index is 1.86. The average Bonchev–Trinajstić information content (AvgIpc) is 2.45. The summed E-state index contributed by atoms with van der Waals surface area (Å²) in [4.78, 5) is 0. The normalized spacial score (nSPS) is 24.0. The molecule has 1 aromatic rings. The summed E-state index contributed by atoms with van der Waals surface area (Å²) in [6.45, 7) is 4.09. The summed E-state index contributed by atoms with van der Waals surface area (Å²) in [5.41, 5.74) is 1.20. The standard InChI is InChI=1S/C15H24N2O3S/c1-12-11-17(21(3,18)19)9-8-15(12)16-10-13-4-6-14(20-2)7-5-13/h4-7,12,15-16H,8-11H2,1-3H3/t12-,15-/m1/s1. The number of ether oxygens (including phenoxy) is 1. The van der Waals surface area contributed by atoms with Gasteiger partial charge in [0, 0.05) is 25.7 Å². The third-order valence-electron chi connectivity index (χ3n) is 4.06. The summed E-state index contributed by atoms with van der Waals surface area (Å²) in [6.07, 6.45) is 2.13. The minimum absolute atomic E-state index is 0.312. The van der Waals surface area contributed by atoms with E-state index in [1.54, 1.807) is 11.4 Å². The number of nitrogens with zero attached hydrogens (tertiary/aromatic N) is 1. The van der Waals surface area contributed by atoms with E-state index in [1.165, 1.54) is 11.8 Å². The zero-order chi connectivity index (χ0) is 15.5. The van der Waals surface area contributed by atoms with E-state index in [0.717, 1.165) is 18.7 Å². The van der Waals surface area contributed by atoms with Crippen molar-refractivity contribution in [3.63, 3.8) is 0 Å². The van der Waals surface area contributed by atoms with E-state index in [9.17, 15) is 8.42 Å². The second kappa shape index (κ2) is 6.77. The molecule has 2 rings (SSSR count). The molecular weight excluding hydrogens is 288 g/mol. The Labute approximate surface area is 127 Å². The molecule has 0 spiro atoms. The van der Waals surface area contributed by atoms with Crippen molar-refractivity contribution in [1.29, 1.82) is 0 Å². The van der Waals surface area contributed by atoms with Gasteiger partial charge in [-0.1, -0.05) is 19.1 Å². The smallest absolute Gasteiger partial charge is 0.211 e. The molecular formula is C15H24N2O3S. The van der Waals surface area contributed by atoms with Crippen LogP contribution in [-0.4, -0.2) is 45.2 Å². The summed E-state index contributed by atoms with van der Waals surface area (Å²) in [7, 11) is -1.41. The predicted octanol–water partition coefficient (Wildman–Crippen LogP) is 1.45. The fraction of sp³-hybridized carbons (Fsp3) is 0.600. The van der Waals surface area contributed by atoms with Crippen LogP contribution in [0.2, 0.25) is 0 Å². The third kappa shape index (κ3) is 4.43. The molecule has 118 valence electrons. The first-order valence-corrected chi connectivity index (χ1v) is 9.06. The van der Waals surface area contributed by atoms with E-state index < -0.39 is 10.0 Å². The van der Waals surface area contributed by atoms with Gasteiger partial charge in [-0.25, -0.2) is 12.7 Å². The van der Waals surface area contributed by atoms with E-state index in [4.69, 9.17) is 4.74 Å². The van der Waals surface area contributed by atoms with Crippen LogP contribution in [0.3, 0.4) is 0 Å². The predicted molar refractivity (Wildman–Crippen MR) is 83.8 cm³/mol. The highest BCUT2D eigenvalue weighted by Gasteiger charge is 2.29. The molecule has 1 N–H and O–H groups in total. The number of sulfonamides is 1. The first-order chi connectivity index (χ1) is 9.90. The number of hydrogen-bond donors (Lipinski definition) is 1. The quantitative estimate of drug-likeness (QED) is 0.894. The van der Waals surface area contributed by atoms with Crippen molar-refractivity contribution in [3.8, 4) is 5.75 Å². The highest BCUT2D eigenvalue weighted by molar-refractivity contribution is 7.88. The summed E-state index contributed by atoms with van der Waals surface area (Å²) in [5, 5.41) is 3.53. The maximum atomic E-state index is 11.6. The molecule has 0 aromatic heterocycles. The lowest BCUT2D eigenvalue weighted by Gasteiger charge is -2.36. The van der Waals surface area contributed by atoms with E-state index in [0.29, 0.717) is 25.0 Å². The van der Waals surface area contributed by atoms with Gasteiger partial charge in [0.2, 0.25) is 10.0 Å². The molecule has 0 radical (unpaired) electrons. The van der Waals surface area contributed by atoms with Gasteiger partial charge >= 0.3 is 0 Å². The van der Waals surface area contributed by atoms with Crippen molar-refractivity contribution in [2.24, 2.45) is 5.92 Å². The molecule has 5 nitrogen and oxygen atoms in total. The van der Waals surface area contributed by atoms with Crippen molar-refractivity contribution < 1.29 is 13.2 Å². The number of hydrogen-bond acceptors (Lipinski definition) is 4. The molecule has 0 amide bonds. The van der Waals surface area contributed by atoms with Crippen LogP contribution in [0.15, 0.2) is 24.3 Å². The first-order valence-electron chi connectivity index (χ1n) is 7.21. The molecule has 1 aliphatic rings. The van der Waals surface area contributed by atoms with Crippen molar-refractivity contribution in [3.05, 3.63) is 29.8 Å². The molecule has 21 heavy (non-hydrogen) atoms. The Morgan fingerprint density at radius 2 is 2.00 bits per heavy atom. The largest absolute Gasteiger partial charge is 0.497 e. The number of methoxy groups -OCH3 is 1. The van der Waals surface area contributed by atoms with Gasteiger partial charge in [-0.2, -0.15) is 0 Å². The lowest BCUT2D eigenvalue weighted by molar-refractivity contribution is 0.220. The number of nitrogens with one attached hydrogen (secondary N) is 1. The van der Waals surface area contributed by atoms with Gasteiger partial charge in [0.15, 0.2) is 0 Å². The van der Waals surface area contributed by atoms with Crippen LogP contribution in [-0.2, 0) is 16.6 Å². The molecule has 1 aromatic carbocycles. The first kappa shape index (κ1) is 16.3. The molecule has 6 heteroatoms. The third-order valence-corrected chi connectivity index (χ3v) is 5.33. The van der Waals surface area contributed by atoms with Crippen LogP contribution in [0, 0.1) is 5.92 Å². The fourth-order valence-electron chi connectivity index (χ4n) is 2.70. The van der Waals surface area contributed by atoms with Crippen molar-refractivity contribution in [2.45, 2.75) is 25.9 Å². The summed E-state index contributed by atoms with van der Waals surface area (Å²) < 4.78 is 29.9. The van der Waals surface area contributed by atoms with Gasteiger partial charge in [0.1, 0.15) is 5.75 Å². The second-order valence-corrected chi connectivity index (χ2v) is 7.70. The number of piperidine rings is 1. The molecule has 0 unspecified atom stereocenters. The molecule has 2 atom stereocenters. The molecule has 1 heterocycles. The maximum absolute atomic E-state index is 11.6. The highest BCUT2D eigenvalue weighted by atomic mass is 32.2. The van der Waals surface area contributed by atoms with Gasteiger partial charge in [-0.3, -0.25) is 0 Å². The lowest BCUT2D eigenvalue weighted by Crippen LogP contribution is -2.49. The molecule has 0 saturated carbocycles. The minimum atomic E-state index is -3.07. The highest BCUT2D eigenvalue weighted by Crippen LogP contribution is 2.19. The Morgan fingerprint density at radius 1 is 1.33 bits per heavy atom. The van der Waals surface area contributed by atoms with Crippen molar-refractivity contribution in [1.82, 2.24) is 9.62 Å². The number of rotatable bonds is 5. The minimum Gasteiger partial charge on any atom is -0.497 e. The Morgan fingerprint density at radius 3 is 2.52 bits per heavy atom. The van der Waals surface area contributed by atoms with E-state index in [-0.39, 0.29) is 0 Å². The van der Waals surface area contributed by atoms with Crippen LogP contribution in [0.5, 0.6) is 5.75 Å². The molecule has 0 aliphatic carbocycles. The van der Waals surface area contributed by atoms with Crippen molar-refractivity contribution in [2.75, 3.05) is 26.5 Å². The van der Waals surface area contributed by atoms with Crippen LogP contribution in [0.25, 0.3) is 0 Å². The van der Waals surface area contributed by atoms with Gasteiger partial charge < -0.3 is 10.1 Å². The Hall–Kier alpha value is -1.11. The average molecular weight is 312 g/mol. The summed E-state index contributed by atoms with van der Waals surface area (Å²) >= 11 is 0. The topological polar surface area (TPSA) is 58.6 Å². The van der Waals surface area contributed by atoms with E-state index >= 15 is 0 Å². The van der Waals surface area contributed by atoms with Crippen molar-refractivity contribution >= 4 is 10.0 Å². The van der Waals surface area contributed by atoms with Gasteiger partial charge in [-0.15, -0.1) is 0 Å². The van der Waals surface area contributed by atoms with Crippen LogP contribution in [0.4, 0.5) is 0 Å². The van der Waals surface area contributed by atoms with Crippen LogP contribution >= 0.6 is 0 Å². The van der Waals surface area contributed by atoms with Gasteiger partial charge in [0.25, 0.3) is 0 Å². The van der Waals surface area contributed by atoms with Gasteiger partial charge in [0.05, 0.1) is 13.4 Å². The van der Waals surface area contributed by atoms with Gasteiger partial charge in [-0.05, 0) is 30.0 Å². The Bertz CT molecular complexity index is 557. The molecule has 1 aliphatic heterocycles.